The lowest BCUT2D eigenvalue weighted by Crippen LogP contribution is -2.41. The molecule has 32 heavy (non-hydrogen) atoms. The molecule has 164 valence electrons. The van der Waals surface area contributed by atoms with Gasteiger partial charge in [-0.3, -0.25) is 18.7 Å². The summed E-state index contributed by atoms with van der Waals surface area (Å²) in [5, 5.41) is 3.18. The largest absolute Gasteiger partial charge is 0.331 e. The van der Waals surface area contributed by atoms with Gasteiger partial charge in [0.15, 0.2) is 5.13 Å². The molecule has 1 N–H and O–H groups in total. The van der Waals surface area contributed by atoms with Gasteiger partial charge in [-0.25, -0.2) is 9.78 Å². The van der Waals surface area contributed by atoms with Gasteiger partial charge >= 0.3 is 5.69 Å². The molecule has 0 atom stereocenters. The number of benzene rings is 2. The molecule has 0 aliphatic rings. The Bertz CT molecular complexity index is 1360. The Morgan fingerprint density at radius 3 is 2.66 bits per heavy atom. The van der Waals surface area contributed by atoms with Gasteiger partial charge in [0, 0.05) is 12.3 Å². The minimum Gasteiger partial charge on any atom is -0.300 e. The molecule has 2 aromatic heterocycles. The highest BCUT2D eigenvalue weighted by Gasteiger charge is 2.13. The van der Waals surface area contributed by atoms with E-state index in [0.29, 0.717) is 11.7 Å². The Morgan fingerprint density at radius 1 is 1.06 bits per heavy atom. The van der Waals surface area contributed by atoms with E-state index in [4.69, 9.17) is 0 Å². The van der Waals surface area contributed by atoms with E-state index in [9.17, 15) is 14.4 Å². The fraction of sp³-hybridized carbons (Fsp3) is 0.250. The first-order valence-corrected chi connectivity index (χ1v) is 11.4. The normalized spacial score (nSPS) is 11.0. The van der Waals surface area contributed by atoms with Crippen molar-refractivity contribution in [1.82, 2.24) is 14.1 Å². The lowest BCUT2D eigenvalue weighted by atomic mass is 10.1. The topological polar surface area (TPSA) is 86.0 Å². The molecular formula is C24H24N4O3S. The number of fused-ring (bicyclic) bond motifs is 1. The maximum Gasteiger partial charge on any atom is 0.331 e. The molecule has 0 aliphatic carbocycles. The first-order chi connectivity index (χ1) is 15.5. The molecule has 0 aliphatic heterocycles. The molecule has 0 unspecified atom stereocenters. The second kappa shape index (κ2) is 9.74. The fourth-order valence-electron chi connectivity index (χ4n) is 3.46. The summed E-state index contributed by atoms with van der Waals surface area (Å²) in [7, 11) is 0. The smallest absolute Gasteiger partial charge is 0.300 e. The number of nitrogens with zero attached hydrogens (tertiary/aromatic N) is 3. The molecule has 2 heterocycles. The van der Waals surface area contributed by atoms with Crippen LogP contribution in [0.2, 0.25) is 0 Å². The van der Waals surface area contributed by atoms with Crippen molar-refractivity contribution in [2.45, 2.75) is 39.3 Å². The van der Waals surface area contributed by atoms with E-state index in [2.05, 4.69) is 29.4 Å². The average molecular weight is 449 g/mol. The van der Waals surface area contributed by atoms with Gasteiger partial charge in [-0.1, -0.05) is 61.1 Å². The van der Waals surface area contributed by atoms with E-state index in [-0.39, 0.29) is 6.54 Å². The Balaban J connectivity index is 1.49. The van der Waals surface area contributed by atoms with Crippen LogP contribution in [0.15, 0.2) is 70.4 Å². The van der Waals surface area contributed by atoms with Crippen molar-refractivity contribution in [3.63, 3.8) is 0 Å². The van der Waals surface area contributed by atoms with E-state index in [1.165, 1.54) is 33.7 Å². The number of amides is 1. The molecule has 4 rings (SSSR count). The number of anilines is 1. The maximum absolute atomic E-state index is 12.8. The summed E-state index contributed by atoms with van der Waals surface area (Å²) in [6.45, 7) is 2.11. The summed E-state index contributed by atoms with van der Waals surface area (Å²) in [6, 6.07) is 16.9. The second-order valence-electron chi connectivity index (χ2n) is 7.61. The lowest BCUT2D eigenvalue weighted by Gasteiger charge is -2.09. The van der Waals surface area contributed by atoms with E-state index in [1.54, 1.807) is 0 Å². The third kappa shape index (κ3) is 5.03. The molecule has 8 heteroatoms. The van der Waals surface area contributed by atoms with Crippen molar-refractivity contribution in [3.05, 3.63) is 92.8 Å². The molecule has 0 saturated heterocycles. The summed E-state index contributed by atoms with van der Waals surface area (Å²) >= 11 is 1.38. The van der Waals surface area contributed by atoms with Gasteiger partial charge in [-0.15, -0.1) is 0 Å². The minimum atomic E-state index is -0.527. The van der Waals surface area contributed by atoms with E-state index < -0.39 is 17.2 Å². The Hall–Kier alpha value is -3.52. The summed E-state index contributed by atoms with van der Waals surface area (Å²) < 4.78 is 3.35. The summed E-state index contributed by atoms with van der Waals surface area (Å²) in [6.07, 6.45) is 4.73. The fourth-order valence-corrected chi connectivity index (χ4v) is 4.41. The van der Waals surface area contributed by atoms with Gasteiger partial charge in [0.1, 0.15) is 6.54 Å². The predicted molar refractivity (Wildman–Crippen MR) is 127 cm³/mol. The van der Waals surface area contributed by atoms with Crippen molar-refractivity contribution in [1.29, 1.82) is 0 Å². The van der Waals surface area contributed by atoms with Gasteiger partial charge in [-0.05, 0) is 36.1 Å². The van der Waals surface area contributed by atoms with Gasteiger partial charge in [0.05, 0.1) is 16.8 Å². The van der Waals surface area contributed by atoms with Crippen molar-refractivity contribution >= 4 is 32.6 Å². The SMILES string of the molecule is CCCCc1ccc2nc(NC(=O)Cn3c(=O)ccn(Cc4ccccc4)c3=O)sc2c1. The van der Waals surface area contributed by atoms with Gasteiger partial charge in [-0.2, -0.15) is 0 Å². The Morgan fingerprint density at radius 2 is 1.88 bits per heavy atom. The van der Waals surface area contributed by atoms with Crippen LogP contribution in [0.1, 0.15) is 30.9 Å². The van der Waals surface area contributed by atoms with Crippen LogP contribution < -0.4 is 16.6 Å². The number of hydrogen-bond acceptors (Lipinski definition) is 5. The number of aromatic nitrogens is 3. The highest BCUT2D eigenvalue weighted by Crippen LogP contribution is 2.27. The number of carbonyl (C=O) groups excluding carboxylic acids is 1. The zero-order chi connectivity index (χ0) is 22.5. The average Bonchev–Trinajstić information content (AvgIpc) is 3.19. The number of hydrogen-bond donors (Lipinski definition) is 1. The summed E-state index contributed by atoms with van der Waals surface area (Å²) in [5.41, 5.74) is 1.95. The van der Waals surface area contributed by atoms with Gasteiger partial charge < -0.3 is 5.32 Å². The van der Waals surface area contributed by atoms with E-state index >= 15 is 0 Å². The molecule has 0 fully saturated rings. The molecule has 1 amide bonds. The number of aryl methyl sites for hydroxylation is 1. The third-order valence-electron chi connectivity index (χ3n) is 5.16. The van der Waals surface area contributed by atoms with Crippen LogP contribution in [0.5, 0.6) is 0 Å². The van der Waals surface area contributed by atoms with Gasteiger partial charge in [0.25, 0.3) is 5.56 Å². The van der Waals surface area contributed by atoms with Crippen molar-refractivity contribution < 1.29 is 4.79 Å². The van der Waals surface area contributed by atoms with E-state index in [0.717, 1.165) is 39.6 Å². The lowest BCUT2D eigenvalue weighted by molar-refractivity contribution is -0.116. The summed E-state index contributed by atoms with van der Waals surface area (Å²) in [5.74, 6) is -0.466. The molecule has 0 spiro atoms. The Labute approximate surface area is 189 Å². The van der Waals surface area contributed by atoms with Crippen molar-refractivity contribution in [2.24, 2.45) is 0 Å². The number of unbranched alkanes of at least 4 members (excludes halogenated alkanes) is 1. The van der Waals surface area contributed by atoms with Crippen LogP contribution in [-0.4, -0.2) is 20.0 Å². The standard InChI is InChI=1S/C24H24N4O3S/c1-2-3-7-17-10-11-19-20(14-17)32-23(25-19)26-21(29)16-28-22(30)12-13-27(24(28)31)15-18-8-5-4-6-9-18/h4-6,8-14H,2-3,7,15-16H2,1H3,(H,25,26,29). The van der Waals surface area contributed by atoms with Crippen molar-refractivity contribution in [2.75, 3.05) is 5.32 Å². The zero-order valence-corrected chi connectivity index (χ0v) is 18.6. The molecular weight excluding hydrogens is 424 g/mol. The number of rotatable bonds is 8. The minimum absolute atomic E-state index is 0.319. The third-order valence-corrected chi connectivity index (χ3v) is 6.09. The molecule has 4 aromatic rings. The van der Waals surface area contributed by atoms with E-state index in [1.807, 2.05) is 36.4 Å². The highest BCUT2D eigenvalue weighted by atomic mass is 32.1. The first-order valence-electron chi connectivity index (χ1n) is 10.6. The highest BCUT2D eigenvalue weighted by molar-refractivity contribution is 7.22. The molecule has 0 radical (unpaired) electrons. The number of nitrogens with one attached hydrogen (secondary N) is 1. The van der Waals surface area contributed by atoms with Crippen LogP contribution in [0.4, 0.5) is 5.13 Å². The van der Waals surface area contributed by atoms with Gasteiger partial charge in [0.2, 0.25) is 5.91 Å². The van der Waals surface area contributed by atoms with Crippen LogP contribution in [0, 0.1) is 0 Å². The molecule has 2 aromatic carbocycles. The quantitative estimate of drug-likeness (QED) is 0.446. The predicted octanol–water partition coefficient (Wildman–Crippen LogP) is 3.65. The number of thiazole rings is 1. The maximum atomic E-state index is 12.8. The first kappa shape index (κ1) is 21.7. The second-order valence-corrected chi connectivity index (χ2v) is 8.64. The molecule has 0 saturated carbocycles. The molecule has 7 nitrogen and oxygen atoms in total. The van der Waals surface area contributed by atoms with Crippen LogP contribution in [-0.2, 0) is 24.3 Å². The monoisotopic (exact) mass is 448 g/mol. The molecule has 0 bridgehead atoms. The Kier molecular flexibility index (Phi) is 6.61. The van der Waals surface area contributed by atoms with Crippen LogP contribution >= 0.6 is 11.3 Å². The van der Waals surface area contributed by atoms with Crippen LogP contribution in [0.25, 0.3) is 10.2 Å². The number of carbonyl (C=O) groups is 1. The van der Waals surface area contributed by atoms with Crippen LogP contribution in [0.3, 0.4) is 0 Å². The van der Waals surface area contributed by atoms with Crippen molar-refractivity contribution in [3.8, 4) is 0 Å². The summed E-state index contributed by atoms with van der Waals surface area (Å²) in [4.78, 5) is 42.1. The zero-order valence-electron chi connectivity index (χ0n) is 17.8.